The number of aromatic nitrogens is 6. The molecule has 2 atom stereocenters. The number of alkyl halides is 4. The molecule has 2 saturated heterocycles. The highest BCUT2D eigenvalue weighted by molar-refractivity contribution is 5.94. The van der Waals surface area contributed by atoms with E-state index < -0.39 is 53.5 Å². The van der Waals surface area contributed by atoms with Crippen LogP contribution >= 0.6 is 0 Å². The van der Waals surface area contributed by atoms with Gasteiger partial charge in [-0.25, -0.2) is 23.7 Å². The van der Waals surface area contributed by atoms with Crippen molar-refractivity contribution in [2.24, 2.45) is 0 Å². The van der Waals surface area contributed by atoms with Gasteiger partial charge in [0.05, 0.1) is 36.5 Å². The zero-order valence-electron chi connectivity index (χ0n) is 21.3. The summed E-state index contributed by atoms with van der Waals surface area (Å²) in [6, 6.07) is 4.32. The van der Waals surface area contributed by atoms with Crippen LogP contribution in [-0.2, 0) is 11.7 Å². The smallest absolute Gasteiger partial charge is 0.346 e. The number of halogens is 5. The summed E-state index contributed by atoms with van der Waals surface area (Å²) in [6.45, 7) is 0.289. The number of likely N-dealkylation sites (tertiary alicyclic amines) is 2. The van der Waals surface area contributed by atoms with Crippen LogP contribution in [0.5, 0.6) is 0 Å². The SMILES string of the molecule is N#CCC1(n2cc(-c3ncnc4[nH]ccc34)cn2)CN([C@@H]2CCN(C(=O)c3ccnc(C(F)(F)F)c3F)C[C@@H]2F)C1. The highest BCUT2D eigenvalue weighted by atomic mass is 19.4. The van der Waals surface area contributed by atoms with Crippen molar-refractivity contribution in [2.75, 3.05) is 26.2 Å². The number of fused-ring (bicyclic) bond motifs is 1. The van der Waals surface area contributed by atoms with Crippen molar-refractivity contribution in [3.8, 4) is 17.3 Å². The number of piperidine rings is 1. The first-order chi connectivity index (χ1) is 19.6. The average molecular weight is 572 g/mol. The zero-order valence-corrected chi connectivity index (χ0v) is 21.3. The fourth-order valence-electron chi connectivity index (χ4n) is 5.70. The Hall–Kier alpha value is -4.45. The van der Waals surface area contributed by atoms with Crippen molar-refractivity contribution >= 4 is 16.9 Å². The Balaban J connectivity index is 1.15. The highest BCUT2D eigenvalue weighted by Crippen LogP contribution is 2.38. The van der Waals surface area contributed by atoms with Gasteiger partial charge < -0.3 is 9.88 Å². The number of pyridine rings is 1. The molecule has 2 aliphatic rings. The van der Waals surface area contributed by atoms with Gasteiger partial charge in [-0.2, -0.15) is 23.5 Å². The topological polar surface area (TPSA) is 120 Å². The van der Waals surface area contributed by atoms with Gasteiger partial charge in [0.1, 0.15) is 23.7 Å². The maximum Gasteiger partial charge on any atom is 0.436 e. The molecule has 0 spiro atoms. The Bertz CT molecular complexity index is 1650. The second-order valence-electron chi connectivity index (χ2n) is 10.2. The van der Waals surface area contributed by atoms with Gasteiger partial charge in [0, 0.05) is 55.2 Å². The molecule has 2 aliphatic heterocycles. The lowest BCUT2D eigenvalue weighted by Crippen LogP contribution is -2.68. The van der Waals surface area contributed by atoms with Crippen molar-refractivity contribution in [2.45, 2.75) is 36.8 Å². The Labute approximate surface area is 229 Å². The maximum atomic E-state index is 15.4. The molecule has 4 aromatic rings. The van der Waals surface area contributed by atoms with E-state index in [9.17, 15) is 27.6 Å². The van der Waals surface area contributed by atoms with E-state index in [4.69, 9.17) is 0 Å². The average Bonchev–Trinajstić information content (AvgIpc) is 3.60. The summed E-state index contributed by atoms with van der Waals surface area (Å²) in [7, 11) is 0. The number of H-pyrrole nitrogens is 1. The second kappa shape index (κ2) is 9.88. The first-order valence-corrected chi connectivity index (χ1v) is 12.7. The number of amides is 1. The first kappa shape index (κ1) is 26.8. The van der Waals surface area contributed by atoms with Crippen LogP contribution in [0, 0.1) is 17.1 Å². The van der Waals surface area contributed by atoms with E-state index in [0.29, 0.717) is 30.6 Å². The van der Waals surface area contributed by atoms with Crippen molar-refractivity contribution in [3.05, 3.63) is 60.3 Å². The quantitative estimate of drug-likeness (QED) is 0.364. The second-order valence-corrected chi connectivity index (χ2v) is 10.2. The van der Waals surface area contributed by atoms with Crippen molar-refractivity contribution < 1.29 is 26.7 Å². The number of hydrogen-bond donors (Lipinski definition) is 1. The molecule has 0 aromatic carbocycles. The summed E-state index contributed by atoms with van der Waals surface area (Å²) in [5.41, 5.74) is -1.19. The van der Waals surface area contributed by atoms with Gasteiger partial charge in [0.2, 0.25) is 0 Å². The van der Waals surface area contributed by atoms with Crippen LogP contribution < -0.4 is 0 Å². The van der Waals surface area contributed by atoms with Crippen LogP contribution in [0.25, 0.3) is 22.3 Å². The molecule has 0 unspecified atom stereocenters. The third-order valence-corrected chi connectivity index (χ3v) is 7.75. The standard InChI is InChI=1S/C26H22F5N9O/c27-18-11-38(24(41)16-1-6-33-22(20(16)28)26(29,30)31)8-3-19(18)39-12-25(13-39,4-5-32)40-10-15(9-37-40)21-17-2-7-34-23(17)36-14-35-21/h1-2,6-7,9-10,14,18-19H,3-4,8,11-13H2,(H,34,35,36)/t18-,19+/m0/s1. The molecule has 212 valence electrons. The van der Waals surface area contributed by atoms with Crippen molar-refractivity contribution in [1.82, 2.24) is 39.5 Å². The van der Waals surface area contributed by atoms with Gasteiger partial charge in [0.15, 0.2) is 11.5 Å². The maximum absolute atomic E-state index is 15.4. The summed E-state index contributed by atoms with van der Waals surface area (Å²) in [5.74, 6) is -2.80. The van der Waals surface area contributed by atoms with Gasteiger partial charge in [0.25, 0.3) is 5.91 Å². The Morgan fingerprint density at radius 3 is 2.76 bits per heavy atom. The Morgan fingerprint density at radius 2 is 2.02 bits per heavy atom. The minimum absolute atomic E-state index is 0.0288. The summed E-state index contributed by atoms with van der Waals surface area (Å²) >= 11 is 0. The Morgan fingerprint density at radius 1 is 1.22 bits per heavy atom. The number of rotatable bonds is 5. The largest absolute Gasteiger partial charge is 0.436 e. The van der Waals surface area contributed by atoms with E-state index in [-0.39, 0.29) is 19.4 Å². The van der Waals surface area contributed by atoms with E-state index in [2.05, 4.69) is 31.1 Å². The molecule has 2 fully saturated rings. The number of aromatic amines is 1. The predicted octanol–water partition coefficient (Wildman–Crippen LogP) is 3.55. The van der Waals surface area contributed by atoms with E-state index >= 15 is 4.39 Å². The van der Waals surface area contributed by atoms with Crippen LogP contribution in [0.1, 0.15) is 28.9 Å². The minimum atomic E-state index is -5.07. The fourth-order valence-corrected chi connectivity index (χ4v) is 5.70. The molecule has 0 aliphatic carbocycles. The zero-order chi connectivity index (χ0) is 28.9. The molecule has 0 radical (unpaired) electrons. The molecule has 0 saturated carbocycles. The number of carbonyl (C=O) groups is 1. The van der Waals surface area contributed by atoms with Crippen LogP contribution in [0.2, 0.25) is 0 Å². The van der Waals surface area contributed by atoms with Crippen molar-refractivity contribution in [1.29, 1.82) is 5.26 Å². The molecule has 4 aromatic heterocycles. The number of nitrogens with zero attached hydrogens (tertiary/aromatic N) is 8. The third-order valence-electron chi connectivity index (χ3n) is 7.75. The molecule has 10 nitrogen and oxygen atoms in total. The Kier molecular flexibility index (Phi) is 6.45. The van der Waals surface area contributed by atoms with Crippen LogP contribution in [0.4, 0.5) is 22.0 Å². The molecule has 1 N–H and O–H groups in total. The van der Waals surface area contributed by atoms with E-state index in [1.807, 2.05) is 11.0 Å². The number of hydrogen-bond acceptors (Lipinski definition) is 7. The van der Waals surface area contributed by atoms with Crippen LogP contribution in [0.3, 0.4) is 0 Å². The number of nitrogens with one attached hydrogen (secondary N) is 1. The lowest BCUT2D eigenvalue weighted by Gasteiger charge is -2.54. The monoisotopic (exact) mass is 571 g/mol. The molecule has 6 rings (SSSR count). The fraction of sp³-hybridized carbons (Fsp3) is 0.385. The van der Waals surface area contributed by atoms with Gasteiger partial charge in [-0.05, 0) is 18.6 Å². The summed E-state index contributed by atoms with van der Waals surface area (Å²) in [4.78, 5) is 30.3. The normalized spacial score (nSPS) is 21.0. The predicted molar refractivity (Wildman–Crippen MR) is 133 cm³/mol. The van der Waals surface area contributed by atoms with Crippen LogP contribution in [0.15, 0.2) is 43.2 Å². The van der Waals surface area contributed by atoms with Gasteiger partial charge in [-0.3, -0.25) is 14.4 Å². The van der Waals surface area contributed by atoms with Crippen molar-refractivity contribution in [3.63, 3.8) is 0 Å². The van der Waals surface area contributed by atoms with Gasteiger partial charge >= 0.3 is 6.18 Å². The highest BCUT2D eigenvalue weighted by Gasteiger charge is 2.50. The molecular formula is C26H22F5N9O. The van der Waals surface area contributed by atoms with Gasteiger partial charge in [-0.15, -0.1) is 0 Å². The van der Waals surface area contributed by atoms with Crippen LogP contribution in [-0.4, -0.2) is 83.8 Å². The summed E-state index contributed by atoms with van der Waals surface area (Å²) in [6.07, 6.45) is 1.08. The minimum Gasteiger partial charge on any atom is -0.346 e. The van der Waals surface area contributed by atoms with Gasteiger partial charge in [-0.1, -0.05) is 0 Å². The van der Waals surface area contributed by atoms with E-state index in [1.54, 1.807) is 23.3 Å². The third kappa shape index (κ3) is 4.57. The number of carbonyl (C=O) groups excluding carboxylic acids is 1. The molecule has 0 bridgehead atoms. The first-order valence-electron chi connectivity index (χ1n) is 12.7. The lowest BCUT2D eigenvalue weighted by atomic mass is 9.83. The molecule has 15 heteroatoms. The molecule has 6 heterocycles. The summed E-state index contributed by atoms with van der Waals surface area (Å²) < 4.78 is 70.6. The van der Waals surface area contributed by atoms with E-state index in [1.165, 1.54) is 6.33 Å². The molecular weight excluding hydrogens is 549 g/mol. The lowest BCUT2D eigenvalue weighted by molar-refractivity contribution is -0.143. The summed E-state index contributed by atoms with van der Waals surface area (Å²) in [5, 5.41) is 14.9. The molecule has 41 heavy (non-hydrogen) atoms. The molecule has 1 amide bonds. The van der Waals surface area contributed by atoms with E-state index in [0.717, 1.165) is 21.9 Å². The number of nitriles is 1.